The number of halogens is 3. The molecule has 3 N–H and O–H groups in total. The van der Waals surface area contributed by atoms with Crippen molar-refractivity contribution in [2.75, 3.05) is 0 Å². The molecule has 19 heavy (non-hydrogen) atoms. The number of amidine groups is 1. The summed E-state index contributed by atoms with van der Waals surface area (Å²) >= 11 is 0. The quantitative estimate of drug-likeness (QED) is 0.654. The summed E-state index contributed by atoms with van der Waals surface area (Å²) in [7, 11) is 0. The fraction of sp³-hybridized carbons (Fsp3) is 0.308. The molecule has 0 radical (unpaired) electrons. The first-order valence-corrected chi connectivity index (χ1v) is 5.60. The van der Waals surface area contributed by atoms with Crippen LogP contribution in [0.3, 0.4) is 0 Å². The first-order chi connectivity index (χ1) is 8.75. The zero-order valence-corrected chi connectivity index (χ0v) is 10.4. The SMILES string of the molecule is C=CN=C(N)C(O)(CC)c1cccc(C(F)(F)F)c1. The number of aliphatic hydroxyl groups is 1. The van der Waals surface area contributed by atoms with E-state index < -0.39 is 17.3 Å². The number of benzene rings is 1. The van der Waals surface area contributed by atoms with Gasteiger partial charge in [-0.25, -0.2) is 4.99 Å². The van der Waals surface area contributed by atoms with Crippen molar-refractivity contribution >= 4 is 5.84 Å². The van der Waals surface area contributed by atoms with Crippen molar-refractivity contribution in [2.24, 2.45) is 10.7 Å². The number of aliphatic imine (C=N–C) groups is 1. The molecule has 0 aliphatic carbocycles. The monoisotopic (exact) mass is 272 g/mol. The number of hydrogen-bond donors (Lipinski definition) is 2. The van der Waals surface area contributed by atoms with Crippen LogP contribution in [0.15, 0.2) is 42.0 Å². The number of nitrogens with zero attached hydrogens (tertiary/aromatic N) is 1. The van der Waals surface area contributed by atoms with E-state index in [9.17, 15) is 18.3 Å². The van der Waals surface area contributed by atoms with Gasteiger partial charge >= 0.3 is 6.18 Å². The average Bonchev–Trinajstić information content (AvgIpc) is 2.37. The molecule has 3 nitrogen and oxygen atoms in total. The van der Waals surface area contributed by atoms with Crippen molar-refractivity contribution in [1.29, 1.82) is 0 Å². The topological polar surface area (TPSA) is 58.6 Å². The molecule has 1 rings (SSSR count). The lowest BCUT2D eigenvalue weighted by Gasteiger charge is -2.27. The van der Waals surface area contributed by atoms with E-state index in [-0.39, 0.29) is 17.8 Å². The van der Waals surface area contributed by atoms with Gasteiger partial charge in [-0.15, -0.1) is 0 Å². The third kappa shape index (κ3) is 3.14. The third-order valence-electron chi connectivity index (χ3n) is 2.83. The molecule has 0 spiro atoms. The third-order valence-corrected chi connectivity index (χ3v) is 2.83. The molecule has 0 bridgehead atoms. The van der Waals surface area contributed by atoms with E-state index in [1.165, 1.54) is 12.1 Å². The lowest BCUT2D eigenvalue weighted by Crippen LogP contribution is -2.40. The molecule has 0 fully saturated rings. The number of nitrogens with two attached hydrogens (primary N) is 1. The first kappa shape index (κ1) is 15.2. The fourth-order valence-corrected chi connectivity index (χ4v) is 1.69. The molecule has 1 aromatic rings. The minimum absolute atomic E-state index is 0.0490. The molecule has 1 aromatic carbocycles. The Balaban J connectivity index is 3.34. The van der Waals surface area contributed by atoms with Crippen LogP contribution in [0.5, 0.6) is 0 Å². The molecule has 0 saturated heterocycles. The van der Waals surface area contributed by atoms with Gasteiger partial charge in [-0.05, 0) is 24.1 Å². The van der Waals surface area contributed by atoms with Crippen LogP contribution in [0.4, 0.5) is 13.2 Å². The van der Waals surface area contributed by atoms with Crippen molar-refractivity contribution in [3.8, 4) is 0 Å². The van der Waals surface area contributed by atoms with Gasteiger partial charge in [-0.3, -0.25) is 0 Å². The Hall–Kier alpha value is -1.82. The van der Waals surface area contributed by atoms with Crippen molar-refractivity contribution in [2.45, 2.75) is 25.1 Å². The largest absolute Gasteiger partial charge is 0.416 e. The molecular weight excluding hydrogens is 257 g/mol. The van der Waals surface area contributed by atoms with E-state index in [1.807, 2.05) is 0 Å². The van der Waals surface area contributed by atoms with Gasteiger partial charge in [0.1, 0.15) is 11.4 Å². The fourth-order valence-electron chi connectivity index (χ4n) is 1.69. The summed E-state index contributed by atoms with van der Waals surface area (Å²) in [6.07, 6.45) is -3.25. The first-order valence-electron chi connectivity index (χ1n) is 5.60. The molecule has 0 heterocycles. The second-order valence-electron chi connectivity index (χ2n) is 3.99. The molecule has 0 aliphatic rings. The number of alkyl halides is 3. The molecule has 1 unspecified atom stereocenters. The van der Waals surface area contributed by atoms with Crippen molar-refractivity contribution in [3.63, 3.8) is 0 Å². The number of rotatable bonds is 4. The van der Waals surface area contributed by atoms with Crippen molar-refractivity contribution < 1.29 is 18.3 Å². The van der Waals surface area contributed by atoms with E-state index in [4.69, 9.17) is 5.73 Å². The minimum Gasteiger partial charge on any atom is -0.384 e. The highest BCUT2D eigenvalue weighted by Crippen LogP contribution is 2.33. The Bertz CT molecular complexity index is 497. The van der Waals surface area contributed by atoms with Crippen LogP contribution in [0.1, 0.15) is 24.5 Å². The lowest BCUT2D eigenvalue weighted by atomic mass is 9.89. The second kappa shape index (κ2) is 5.44. The molecule has 0 aromatic heterocycles. The summed E-state index contributed by atoms with van der Waals surface area (Å²) < 4.78 is 37.9. The maximum atomic E-state index is 12.6. The molecule has 0 amide bonds. The summed E-state index contributed by atoms with van der Waals surface area (Å²) in [5.41, 5.74) is 3.08. The van der Waals surface area contributed by atoms with Gasteiger partial charge in [0, 0.05) is 6.20 Å². The average molecular weight is 272 g/mol. The maximum Gasteiger partial charge on any atom is 0.416 e. The highest BCUT2D eigenvalue weighted by Gasteiger charge is 2.36. The van der Waals surface area contributed by atoms with Crippen LogP contribution >= 0.6 is 0 Å². The van der Waals surface area contributed by atoms with Gasteiger partial charge in [-0.1, -0.05) is 25.6 Å². The Morgan fingerprint density at radius 3 is 2.47 bits per heavy atom. The predicted octanol–water partition coefficient (Wildman–Crippen LogP) is 2.80. The minimum atomic E-state index is -4.48. The van der Waals surface area contributed by atoms with Crippen LogP contribution in [0.2, 0.25) is 0 Å². The Morgan fingerprint density at radius 1 is 1.42 bits per heavy atom. The smallest absolute Gasteiger partial charge is 0.384 e. The Labute approximate surface area is 109 Å². The van der Waals surface area contributed by atoms with Crippen LogP contribution < -0.4 is 5.73 Å². The highest BCUT2D eigenvalue weighted by molar-refractivity contribution is 5.90. The predicted molar refractivity (Wildman–Crippen MR) is 67.5 cm³/mol. The van der Waals surface area contributed by atoms with Crippen LogP contribution in [0, 0.1) is 0 Å². The normalized spacial score (nSPS) is 15.9. The summed E-state index contributed by atoms with van der Waals surface area (Å²) in [6.45, 7) is 4.94. The summed E-state index contributed by atoms with van der Waals surface area (Å²) in [6, 6.07) is 4.40. The summed E-state index contributed by atoms with van der Waals surface area (Å²) in [4.78, 5) is 3.66. The van der Waals surface area contributed by atoms with Gasteiger partial charge in [0.15, 0.2) is 0 Å². The zero-order chi connectivity index (χ0) is 14.7. The summed E-state index contributed by atoms with van der Waals surface area (Å²) in [5.74, 6) is -0.190. The van der Waals surface area contributed by atoms with E-state index in [0.29, 0.717) is 0 Å². The van der Waals surface area contributed by atoms with E-state index in [0.717, 1.165) is 18.3 Å². The van der Waals surface area contributed by atoms with E-state index in [2.05, 4.69) is 11.6 Å². The molecule has 0 saturated carbocycles. The molecule has 104 valence electrons. The Morgan fingerprint density at radius 2 is 2.00 bits per heavy atom. The maximum absolute atomic E-state index is 12.6. The van der Waals surface area contributed by atoms with Gasteiger partial charge in [0.05, 0.1) is 5.56 Å². The molecule has 1 atom stereocenters. The van der Waals surface area contributed by atoms with E-state index >= 15 is 0 Å². The zero-order valence-electron chi connectivity index (χ0n) is 10.4. The van der Waals surface area contributed by atoms with Crippen molar-refractivity contribution in [1.82, 2.24) is 0 Å². The number of hydrogen-bond acceptors (Lipinski definition) is 2. The molecule has 6 heteroatoms. The van der Waals surface area contributed by atoms with Gasteiger partial charge in [-0.2, -0.15) is 13.2 Å². The summed E-state index contributed by atoms with van der Waals surface area (Å²) in [5, 5.41) is 10.4. The van der Waals surface area contributed by atoms with Crippen LogP contribution in [-0.4, -0.2) is 10.9 Å². The van der Waals surface area contributed by atoms with Gasteiger partial charge in [0.25, 0.3) is 0 Å². The Kier molecular flexibility index (Phi) is 4.36. The lowest BCUT2D eigenvalue weighted by molar-refractivity contribution is -0.137. The van der Waals surface area contributed by atoms with Gasteiger partial charge in [0.2, 0.25) is 0 Å². The molecule has 0 aliphatic heterocycles. The second-order valence-corrected chi connectivity index (χ2v) is 3.99. The van der Waals surface area contributed by atoms with Crippen LogP contribution in [-0.2, 0) is 11.8 Å². The highest BCUT2D eigenvalue weighted by atomic mass is 19.4. The van der Waals surface area contributed by atoms with Crippen molar-refractivity contribution in [3.05, 3.63) is 48.2 Å². The van der Waals surface area contributed by atoms with Gasteiger partial charge < -0.3 is 10.8 Å². The standard InChI is InChI=1S/C13H15F3N2O/c1-3-12(19,11(17)18-4-2)9-6-5-7-10(8-9)13(14,15)16/h4-8,19H,2-3H2,1H3,(H2,17,18). The van der Waals surface area contributed by atoms with E-state index in [1.54, 1.807) is 6.92 Å². The molecular formula is C13H15F3N2O. The van der Waals surface area contributed by atoms with Crippen LogP contribution in [0.25, 0.3) is 0 Å².